The van der Waals surface area contributed by atoms with Crippen LogP contribution in [0.15, 0.2) is 40.2 Å². The third-order valence-corrected chi connectivity index (χ3v) is 4.97. The molecule has 0 aliphatic carbocycles. The summed E-state index contributed by atoms with van der Waals surface area (Å²) < 4.78 is 0.850. The highest BCUT2D eigenvalue weighted by Crippen LogP contribution is 2.31. The smallest absolute Gasteiger partial charge is 0.160 e. The number of hydrogen-bond acceptors (Lipinski definition) is 3. The van der Waals surface area contributed by atoms with Gasteiger partial charge in [-0.05, 0) is 59.4 Å². The Morgan fingerprint density at radius 3 is 2.63 bits per heavy atom. The second-order valence-electron chi connectivity index (χ2n) is 4.52. The number of nitrogens with zero attached hydrogens (tertiary/aromatic N) is 1. The number of hydrogen-bond donors (Lipinski definition) is 0. The van der Waals surface area contributed by atoms with Crippen molar-refractivity contribution in [1.29, 1.82) is 0 Å². The number of ketones is 1. The zero-order valence-corrected chi connectivity index (χ0v) is 13.6. The molecule has 0 saturated carbocycles. The summed E-state index contributed by atoms with van der Waals surface area (Å²) in [7, 11) is 2.07. The van der Waals surface area contributed by atoms with Gasteiger partial charge in [0.15, 0.2) is 5.78 Å². The van der Waals surface area contributed by atoms with Gasteiger partial charge in [0.1, 0.15) is 0 Å². The molecule has 0 aliphatic rings. The van der Waals surface area contributed by atoms with Crippen molar-refractivity contribution in [2.75, 3.05) is 11.9 Å². The lowest BCUT2D eigenvalue weighted by Crippen LogP contribution is -2.20. The van der Waals surface area contributed by atoms with Gasteiger partial charge in [0.05, 0.1) is 6.04 Å². The van der Waals surface area contributed by atoms with Crippen molar-refractivity contribution >= 4 is 38.7 Å². The van der Waals surface area contributed by atoms with Crippen LogP contribution in [0.2, 0.25) is 0 Å². The molecule has 0 fully saturated rings. The molecule has 0 N–H and O–H groups in total. The van der Waals surface area contributed by atoms with Crippen molar-refractivity contribution in [3.63, 3.8) is 0 Å². The van der Waals surface area contributed by atoms with Gasteiger partial charge in [-0.25, -0.2) is 0 Å². The normalized spacial score (nSPS) is 12.2. The monoisotopic (exact) mass is 337 g/mol. The third-order valence-electron chi connectivity index (χ3n) is 3.28. The number of halogens is 1. The molecule has 0 aliphatic heterocycles. The van der Waals surface area contributed by atoms with E-state index in [1.807, 2.05) is 18.2 Å². The van der Waals surface area contributed by atoms with E-state index in [9.17, 15) is 4.79 Å². The van der Waals surface area contributed by atoms with Crippen molar-refractivity contribution in [2.24, 2.45) is 0 Å². The average molecular weight is 338 g/mol. The van der Waals surface area contributed by atoms with Crippen molar-refractivity contribution < 1.29 is 4.79 Å². The SMILES string of the molecule is CC(=O)c1ccc(N(C)C(C)c2cccs2)cc1Br. The van der Waals surface area contributed by atoms with Crippen molar-refractivity contribution in [2.45, 2.75) is 19.9 Å². The Kier molecular flexibility index (Phi) is 4.42. The Labute approximate surface area is 126 Å². The van der Waals surface area contributed by atoms with Crippen LogP contribution in [0, 0.1) is 0 Å². The highest BCUT2D eigenvalue weighted by Gasteiger charge is 2.15. The van der Waals surface area contributed by atoms with Crippen molar-refractivity contribution in [3.05, 3.63) is 50.6 Å². The lowest BCUT2D eigenvalue weighted by Gasteiger charge is -2.26. The zero-order valence-electron chi connectivity index (χ0n) is 11.2. The Morgan fingerprint density at radius 1 is 1.37 bits per heavy atom. The van der Waals surface area contributed by atoms with Gasteiger partial charge < -0.3 is 4.90 Å². The summed E-state index contributed by atoms with van der Waals surface area (Å²) in [5.41, 5.74) is 1.82. The maximum atomic E-state index is 11.4. The molecule has 19 heavy (non-hydrogen) atoms. The minimum Gasteiger partial charge on any atom is -0.367 e. The molecule has 0 amide bonds. The number of thiophene rings is 1. The lowest BCUT2D eigenvalue weighted by molar-refractivity contribution is 0.101. The van der Waals surface area contributed by atoms with Gasteiger partial charge in [-0.2, -0.15) is 0 Å². The number of carbonyl (C=O) groups is 1. The summed E-state index contributed by atoms with van der Waals surface area (Å²) in [6.07, 6.45) is 0. The predicted octanol–water partition coefficient (Wildman–Crippen LogP) is 4.91. The van der Waals surface area contributed by atoms with Crippen LogP contribution in [0.25, 0.3) is 0 Å². The minimum atomic E-state index is 0.0763. The highest BCUT2D eigenvalue weighted by molar-refractivity contribution is 9.10. The first kappa shape index (κ1) is 14.3. The second-order valence-corrected chi connectivity index (χ2v) is 6.36. The molecule has 2 nitrogen and oxygen atoms in total. The Morgan fingerprint density at radius 2 is 2.11 bits per heavy atom. The zero-order chi connectivity index (χ0) is 14.0. The Hall–Kier alpha value is -1.13. The van der Waals surface area contributed by atoms with Crippen LogP contribution in [0.1, 0.15) is 35.1 Å². The van der Waals surface area contributed by atoms with Gasteiger partial charge in [-0.3, -0.25) is 4.79 Å². The molecule has 2 rings (SSSR count). The summed E-state index contributed by atoms with van der Waals surface area (Å²) in [6.45, 7) is 3.76. The molecule has 0 radical (unpaired) electrons. The summed E-state index contributed by atoms with van der Waals surface area (Å²) in [5.74, 6) is 0.0763. The van der Waals surface area contributed by atoms with Gasteiger partial charge in [0, 0.05) is 27.6 Å². The number of benzene rings is 1. The van der Waals surface area contributed by atoms with E-state index < -0.39 is 0 Å². The molecule has 1 aromatic carbocycles. The summed E-state index contributed by atoms with van der Waals surface area (Å²) >= 11 is 5.23. The number of rotatable bonds is 4. The molecule has 2 aromatic rings. The van der Waals surface area contributed by atoms with E-state index in [1.165, 1.54) is 4.88 Å². The third kappa shape index (κ3) is 3.07. The second kappa shape index (κ2) is 5.88. The quantitative estimate of drug-likeness (QED) is 0.738. The molecule has 1 aromatic heterocycles. The van der Waals surface area contributed by atoms with Crippen LogP contribution < -0.4 is 4.90 Å². The molecule has 4 heteroatoms. The van der Waals surface area contributed by atoms with E-state index in [4.69, 9.17) is 0 Å². The summed E-state index contributed by atoms with van der Waals surface area (Å²) in [6, 6.07) is 10.4. The number of carbonyl (C=O) groups excluding carboxylic acids is 1. The van der Waals surface area contributed by atoms with Crippen LogP contribution in [0.5, 0.6) is 0 Å². The standard InChI is InChI=1S/C15H16BrNOS/c1-10(15-5-4-8-19-15)17(3)12-6-7-13(11(2)18)14(16)9-12/h4-10H,1-3H3. The molecular weight excluding hydrogens is 322 g/mol. The van der Waals surface area contributed by atoms with E-state index in [2.05, 4.69) is 52.3 Å². The van der Waals surface area contributed by atoms with E-state index in [0.29, 0.717) is 6.04 Å². The van der Waals surface area contributed by atoms with Gasteiger partial charge >= 0.3 is 0 Å². The van der Waals surface area contributed by atoms with Gasteiger partial charge in [0.2, 0.25) is 0 Å². The fourth-order valence-corrected chi connectivity index (χ4v) is 3.42. The number of Topliss-reactive ketones (excluding diaryl/α,β-unsaturated/α-hetero) is 1. The van der Waals surface area contributed by atoms with Crippen molar-refractivity contribution in [1.82, 2.24) is 0 Å². The fraction of sp³-hybridized carbons (Fsp3) is 0.267. The lowest BCUT2D eigenvalue weighted by atomic mass is 10.1. The molecule has 1 atom stereocenters. The Bertz CT molecular complexity index is 580. The maximum absolute atomic E-state index is 11.4. The fourth-order valence-electron chi connectivity index (χ4n) is 1.95. The van der Waals surface area contributed by atoms with Crippen LogP contribution in [0.4, 0.5) is 5.69 Å². The van der Waals surface area contributed by atoms with E-state index >= 15 is 0 Å². The van der Waals surface area contributed by atoms with Crippen molar-refractivity contribution in [3.8, 4) is 0 Å². The molecule has 0 saturated heterocycles. The first-order valence-electron chi connectivity index (χ1n) is 6.07. The molecule has 100 valence electrons. The van der Waals surface area contributed by atoms with Crippen LogP contribution >= 0.6 is 27.3 Å². The van der Waals surface area contributed by atoms with Crippen LogP contribution in [-0.4, -0.2) is 12.8 Å². The van der Waals surface area contributed by atoms with E-state index in [-0.39, 0.29) is 5.78 Å². The Balaban J connectivity index is 2.27. The first-order valence-corrected chi connectivity index (χ1v) is 7.74. The largest absolute Gasteiger partial charge is 0.367 e. The van der Waals surface area contributed by atoms with Crippen LogP contribution in [0.3, 0.4) is 0 Å². The van der Waals surface area contributed by atoms with Crippen LogP contribution in [-0.2, 0) is 0 Å². The topological polar surface area (TPSA) is 20.3 Å². The van der Waals surface area contributed by atoms with Gasteiger partial charge in [0.25, 0.3) is 0 Å². The van der Waals surface area contributed by atoms with E-state index in [1.54, 1.807) is 18.3 Å². The van der Waals surface area contributed by atoms with Gasteiger partial charge in [-0.15, -0.1) is 11.3 Å². The molecule has 0 bridgehead atoms. The predicted molar refractivity (Wildman–Crippen MR) is 85.3 cm³/mol. The highest BCUT2D eigenvalue weighted by atomic mass is 79.9. The molecule has 0 spiro atoms. The summed E-state index contributed by atoms with van der Waals surface area (Å²) in [5, 5.41) is 2.09. The molecule has 1 unspecified atom stereocenters. The number of anilines is 1. The summed E-state index contributed by atoms with van der Waals surface area (Å²) in [4.78, 5) is 15.0. The maximum Gasteiger partial charge on any atom is 0.160 e. The average Bonchev–Trinajstić information content (AvgIpc) is 2.90. The molecule has 1 heterocycles. The van der Waals surface area contributed by atoms with E-state index in [0.717, 1.165) is 15.7 Å². The molecular formula is C15H16BrNOS. The minimum absolute atomic E-state index is 0.0763. The van der Waals surface area contributed by atoms with Gasteiger partial charge in [-0.1, -0.05) is 6.07 Å². The first-order chi connectivity index (χ1) is 9.00.